The lowest BCUT2D eigenvalue weighted by atomic mass is 9.92. The second-order valence-electron chi connectivity index (χ2n) is 3.67. The third-order valence-corrected chi connectivity index (χ3v) is 1.99. The molecule has 0 saturated heterocycles. The number of hydrogen-bond donors (Lipinski definition) is 2. The molecule has 0 fully saturated rings. The third kappa shape index (κ3) is 3.75. The predicted molar refractivity (Wildman–Crippen MR) is 49.5 cm³/mol. The van der Waals surface area contributed by atoms with Gasteiger partial charge in [-0.2, -0.15) is 0 Å². The standard InChI is InChI=1S/C10H18O2/c1-5-9(11)8(4)10(12)6-7(2)3/h1,7-12H,6H2,2-4H3/t8-,9-,10-/m1/s1. The van der Waals surface area contributed by atoms with Crippen LogP contribution in [0.4, 0.5) is 0 Å². The summed E-state index contributed by atoms with van der Waals surface area (Å²) in [6.07, 6.45) is 4.37. The summed E-state index contributed by atoms with van der Waals surface area (Å²) in [5.41, 5.74) is 0. The predicted octanol–water partition coefficient (Wildman–Crippen LogP) is 1.02. The van der Waals surface area contributed by atoms with Crippen molar-refractivity contribution in [2.75, 3.05) is 0 Å². The summed E-state index contributed by atoms with van der Waals surface area (Å²) in [4.78, 5) is 0. The number of aliphatic hydroxyl groups excluding tert-OH is 2. The van der Waals surface area contributed by atoms with E-state index in [1.54, 1.807) is 6.92 Å². The molecule has 3 atom stereocenters. The Balaban J connectivity index is 3.93. The van der Waals surface area contributed by atoms with Crippen LogP contribution in [0, 0.1) is 24.2 Å². The molecule has 0 saturated carbocycles. The molecule has 0 heterocycles. The van der Waals surface area contributed by atoms with E-state index in [0.29, 0.717) is 12.3 Å². The van der Waals surface area contributed by atoms with Gasteiger partial charge < -0.3 is 10.2 Å². The Bertz CT molecular complexity index is 158. The van der Waals surface area contributed by atoms with Gasteiger partial charge in [-0.1, -0.05) is 26.7 Å². The fraction of sp³-hybridized carbons (Fsp3) is 0.800. The Hall–Kier alpha value is -0.520. The quantitative estimate of drug-likeness (QED) is 0.618. The highest BCUT2D eigenvalue weighted by molar-refractivity contribution is 4.97. The molecule has 2 nitrogen and oxygen atoms in total. The molecule has 0 bridgehead atoms. The first kappa shape index (κ1) is 11.5. The van der Waals surface area contributed by atoms with E-state index >= 15 is 0 Å². The molecule has 0 unspecified atom stereocenters. The van der Waals surface area contributed by atoms with Crippen LogP contribution in [0.3, 0.4) is 0 Å². The molecule has 2 heteroatoms. The first-order valence-electron chi connectivity index (χ1n) is 4.31. The van der Waals surface area contributed by atoms with Crippen LogP contribution in [-0.4, -0.2) is 22.4 Å². The monoisotopic (exact) mass is 170 g/mol. The molecule has 0 rings (SSSR count). The van der Waals surface area contributed by atoms with Gasteiger partial charge in [-0.15, -0.1) is 6.42 Å². The number of aliphatic hydroxyl groups is 2. The van der Waals surface area contributed by atoms with Crippen LogP contribution in [0.15, 0.2) is 0 Å². The van der Waals surface area contributed by atoms with E-state index in [1.165, 1.54) is 0 Å². The second-order valence-corrected chi connectivity index (χ2v) is 3.67. The molecule has 12 heavy (non-hydrogen) atoms. The van der Waals surface area contributed by atoms with Crippen LogP contribution in [0.5, 0.6) is 0 Å². The van der Waals surface area contributed by atoms with Crippen molar-refractivity contribution < 1.29 is 10.2 Å². The topological polar surface area (TPSA) is 40.5 Å². The first-order chi connectivity index (χ1) is 5.49. The molecule has 0 aromatic rings. The highest BCUT2D eigenvalue weighted by atomic mass is 16.3. The van der Waals surface area contributed by atoms with Crippen LogP contribution in [0.2, 0.25) is 0 Å². The highest BCUT2D eigenvalue weighted by Gasteiger charge is 2.21. The SMILES string of the molecule is C#C[C@@H](O)[C@@H](C)[C@H](O)CC(C)C. The van der Waals surface area contributed by atoms with Crippen molar-refractivity contribution in [3.63, 3.8) is 0 Å². The van der Waals surface area contributed by atoms with E-state index in [1.807, 2.05) is 13.8 Å². The maximum absolute atomic E-state index is 9.53. The zero-order chi connectivity index (χ0) is 9.72. The van der Waals surface area contributed by atoms with E-state index < -0.39 is 12.2 Å². The Morgan fingerprint density at radius 1 is 1.25 bits per heavy atom. The van der Waals surface area contributed by atoms with Gasteiger partial charge in [0, 0.05) is 5.92 Å². The number of rotatable bonds is 4. The van der Waals surface area contributed by atoms with E-state index in [9.17, 15) is 10.2 Å². The fourth-order valence-electron chi connectivity index (χ4n) is 1.06. The zero-order valence-electron chi connectivity index (χ0n) is 7.99. The summed E-state index contributed by atoms with van der Waals surface area (Å²) in [7, 11) is 0. The van der Waals surface area contributed by atoms with Gasteiger partial charge in [0.15, 0.2) is 0 Å². The van der Waals surface area contributed by atoms with Crippen LogP contribution in [-0.2, 0) is 0 Å². The zero-order valence-corrected chi connectivity index (χ0v) is 7.99. The normalized spacial score (nSPS) is 18.4. The summed E-state index contributed by atoms with van der Waals surface area (Å²) in [6.45, 7) is 5.81. The van der Waals surface area contributed by atoms with Crippen LogP contribution < -0.4 is 0 Å². The van der Waals surface area contributed by atoms with Gasteiger partial charge in [0.05, 0.1) is 6.10 Å². The molecule has 0 spiro atoms. The van der Waals surface area contributed by atoms with E-state index in [-0.39, 0.29) is 5.92 Å². The molecule has 0 radical (unpaired) electrons. The van der Waals surface area contributed by atoms with Crippen molar-refractivity contribution in [2.24, 2.45) is 11.8 Å². The average molecular weight is 170 g/mol. The van der Waals surface area contributed by atoms with Gasteiger partial charge in [-0.05, 0) is 12.3 Å². The largest absolute Gasteiger partial charge is 0.393 e. The molecular weight excluding hydrogens is 152 g/mol. The molecule has 0 aliphatic rings. The van der Waals surface area contributed by atoms with Gasteiger partial charge in [0.2, 0.25) is 0 Å². The minimum Gasteiger partial charge on any atom is -0.393 e. The van der Waals surface area contributed by atoms with Gasteiger partial charge in [0.25, 0.3) is 0 Å². The van der Waals surface area contributed by atoms with Crippen molar-refractivity contribution in [3.05, 3.63) is 0 Å². The maximum atomic E-state index is 9.53. The highest BCUT2D eigenvalue weighted by Crippen LogP contribution is 2.15. The lowest BCUT2D eigenvalue weighted by molar-refractivity contribution is 0.0365. The summed E-state index contributed by atoms with van der Waals surface area (Å²) < 4.78 is 0. The minimum atomic E-state index is -0.834. The van der Waals surface area contributed by atoms with Crippen molar-refractivity contribution in [1.82, 2.24) is 0 Å². The van der Waals surface area contributed by atoms with Crippen LogP contribution in [0.1, 0.15) is 27.2 Å². The maximum Gasteiger partial charge on any atom is 0.119 e. The summed E-state index contributed by atoms with van der Waals surface area (Å²) in [6, 6.07) is 0. The molecule has 0 amide bonds. The van der Waals surface area contributed by atoms with Crippen molar-refractivity contribution in [3.8, 4) is 12.3 Å². The Morgan fingerprint density at radius 2 is 1.75 bits per heavy atom. The minimum absolute atomic E-state index is 0.239. The van der Waals surface area contributed by atoms with Crippen molar-refractivity contribution >= 4 is 0 Å². The number of hydrogen-bond acceptors (Lipinski definition) is 2. The fourth-order valence-corrected chi connectivity index (χ4v) is 1.06. The first-order valence-corrected chi connectivity index (χ1v) is 4.31. The van der Waals surface area contributed by atoms with Crippen LogP contribution in [0.25, 0.3) is 0 Å². The van der Waals surface area contributed by atoms with E-state index in [0.717, 1.165) is 0 Å². The lowest BCUT2D eigenvalue weighted by Gasteiger charge is -2.21. The molecule has 0 aliphatic heterocycles. The van der Waals surface area contributed by atoms with Crippen molar-refractivity contribution in [1.29, 1.82) is 0 Å². The lowest BCUT2D eigenvalue weighted by Crippen LogP contribution is -2.29. The smallest absolute Gasteiger partial charge is 0.119 e. The van der Waals surface area contributed by atoms with Gasteiger partial charge in [-0.25, -0.2) is 0 Å². The number of terminal acetylenes is 1. The Labute approximate surface area is 74.6 Å². The molecular formula is C10H18O2. The Morgan fingerprint density at radius 3 is 2.08 bits per heavy atom. The second kappa shape index (κ2) is 5.18. The van der Waals surface area contributed by atoms with E-state index in [4.69, 9.17) is 6.42 Å². The van der Waals surface area contributed by atoms with Crippen LogP contribution >= 0.6 is 0 Å². The average Bonchev–Trinajstić information content (AvgIpc) is 2.00. The molecule has 0 aromatic carbocycles. The molecule has 2 N–H and O–H groups in total. The molecule has 0 aliphatic carbocycles. The van der Waals surface area contributed by atoms with E-state index in [2.05, 4.69) is 5.92 Å². The third-order valence-electron chi connectivity index (χ3n) is 1.99. The molecule has 70 valence electrons. The molecule has 0 aromatic heterocycles. The summed E-state index contributed by atoms with van der Waals surface area (Å²) in [5.74, 6) is 2.40. The van der Waals surface area contributed by atoms with Gasteiger partial charge >= 0.3 is 0 Å². The summed E-state index contributed by atoms with van der Waals surface area (Å²) in [5, 5.41) is 18.7. The van der Waals surface area contributed by atoms with Gasteiger partial charge in [0.1, 0.15) is 6.10 Å². The Kier molecular flexibility index (Phi) is 4.96. The summed E-state index contributed by atoms with van der Waals surface area (Å²) >= 11 is 0. The van der Waals surface area contributed by atoms with Gasteiger partial charge in [-0.3, -0.25) is 0 Å². The van der Waals surface area contributed by atoms with Crippen molar-refractivity contribution in [2.45, 2.75) is 39.4 Å².